The summed E-state index contributed by atoms with van der Waals surface area (Å²) in [6.07, 6.45) is 2.73. The SMILES string of the molecule is Cc1nc(N(C)CCN2CCCC2)sc1CNCC(C)C. The Kier molecular flexibility index (Phi) is 6.45. The Morgan fingerprint density at radius 3 is 2.71 bits per heavy atom. The number of anilines is 1. The molecule has 1 aliphatic heterocycles. The van der Waals surface area contributed by atoms with Crippen LogP contribution in [0.1, 0.15) is 37.3 Å². The van der Waals surface area contributed by atoms with Crippen molar-refractivity contribution >= 4 is 16.5 Å². The smallest absolute Gasteiger partial charge is 0.185 e. The Hall–Kier alpha value is -0.650. The molecule has 1 aromatic rings. The van der Waals surface area contributed by atoms with Gasteiger partial charge in [0, 0.05) is 31.6 Å². The molecule has 4 nitrogen and oxygen atoms in total. The van der Waals surface area contributed by atoms with Gasteiger partial charge < -0.3 is 15.1 Å². The fourth-order valence-electron chi connectivity index (χ4n) is 2.61. The molecule has 2 heterocycles. The molecule has 0 spiro atoms. The van der Waals surface area contributed by atoms with E-state index in [2.05, 4.69) is 42.9 Å². The number of aromatic nitrogens is 1. The van der Waals surface area contributed by atoms with E-state index in [1.165, 1.54) is 36.5 Å². The molecule has 0 amide bonds. The molecule has 1 N–H and O–H groups in total. The molecule has 0 atom stereocenters. The summed E-state index contributed by atoms with van der Waals surface area (Å²) in [6.45, 7) is 13.4. The second-order valence-electron chi connectivity index (χ2n) is 6.50. The van der Waals surface area contributed by atoms with Gasteiger partial charge in [-0.3, -0.25) is 0 Å². The van der Waals surface area contributed by atoms with Crippen molar-refractivity contribution in [3.05, 3.63) is 10.6 Å². The molecule has 0 unspecified atom stereocenters. The van der Waals surface area contributed by atoms with Gasteiger partial charge in [-0.25, -0.2) is 4.98 Å². The van der Waals surface area contributed by atoms with Gasteiger partial charge in [-0.15, -0.1) is 11.3 Å². The van der Waals surface area contributed by atoms with Crippen LogP contribution in [-0.2, 0) is 6.54 Å². The third-order valence-corrected chi connectivity index (χ3v) is 5.27. The first-order valence-electron chi connectivity index (χ1n) is 8.16. The van der Waals surface area contributed by atoms with Crippen molar-refractivity contribution in [3.63, 3.8) is 0 Å². The van der Waals surface area contributed by atoms with Crippen LogP contribution in [0.25, 0.3) is 0 Å². The topological polar surface area (TPSA) is 31.4 Å². The minimum atomic E-state index is 0.695. The van der Waals surface area contributed by atoms with E-state index in [0.29, 0.717) is 5.92 Å². The van der Waals surface area contributed by atoms with Gasteiger partial charge >= 0.3 is 0 Å². The number of hydrogen-bond acceptors (Lipinski definition) is 5. The number of nitrogens with zero attached hydrogens (tertiary/aromatic N) is 3. The Labute approximate surface area is 133 Å². The van der Waals surface area contributed by atoms with Crippen LogP contribution in [0.15, 0.2) is 0 Å². The molecule has 1 saturated heterocycles. The summed E-state index contributed by atoms with van der Waals surface area (Å²) in [5.41, 5.74) is 1.18. The standard InChI is InChI=1S/C16H30N4S/c1-13(2)11-17-12-15-14(3)18-16(21-15)19(4)9-10-20-7-5-6-8-20/h13,17H,5-12H2,1-4H3. The maximum Gasteiger partial charge on any atom is 0.185 e. The predicted octanol–water partition coefficient (Wildman–Crippen LogP) is 2.73. The average Bonchev–Trinajstić information content (AvgIpc) is 3.06. The molecule has 0 bridgehead atoms. The molecular weight excluding hydrogens is 280 g/mol. The zero-order valence-corrected chi connectivity index (χ0v) is 14.8. The van der Waals surface area contributed by atoms with E-state index < -0.39 is 0 Å². The van der Waals surface area contributed by atoms with Crippen LogP contribution < -0.4 is 10.2 Å². The zero-order valence-electron chi connectivity index (χ0n) is 14.0. The fraction of sp³-hybridized carbons (Fsp3) is 0.812. The summed E-state index contributed by atoms with van der Waals surface area (Å²) >= 11 is 1.84. The maximum atomic E-state index is 4.74. The number of likely N-dealkylation sites (N-methyl/N-ethyl adjacent to an activating group) is 1. The molecule has 0 saturated carbocycles. The summed E-state index contributed by atoms with van der Waals surface area (Å²) in [6, 6.07) is 0. The molecule has 21 heavy (non-hydrogen) atoms. The summed E-state index contributed by atoms with van der Waals surface area (Å²) < 4.78 is 0. The van der Waals surface area contributed by atoms with Crippen molar-refractivity contribution in [3.8, 4) is 0 Å². The van der Waals surface area contributed by atoms with Gasteiger partial charge in [-0.2, -0.15) is 0 Å². The van der Waals surface area contributed by atoms with Crippen LogP contribution in [0.2, 0.25) is 0 Å². The lowest BCUT2D eigenvalue weighted by Crippen LogP contribution is -2.31. The lowest BCUT2D eigenvalue weighted by atomic mass is 10.2. The van der Waals surface area contributed by atoms with E-state index in [9.17, 15) is 0 Å². The van der Waals surface area contributed by atoms with Crippen LogP contribution >= 0.6 is 11.3 Å². The van der Waals surface area contributed by atoms with Gasteiger partial charge in [0.05, 0.1) is 5.69 Å². The molecule has 1 aliphatic rings. The first-order chi connectivity index (χ1) is 10.1. The lowest BCUT2D eigenvalue weighted by Gasteiger charge is -2.20. The van der Waals surface area contributed by atoms with Gasteiger partial charge in [-0.1, -0.05) is 13.8 Å². The van der Waals surface area contributed by atoms with Crippen LogP contribution in [0.3, 0.4) is 0 Å². The molecule has 0 aliphatic carbocycles. The monoisotopic (exact) mass is 310 g/mol. The third-order valence-electron chi connectivity index (χ3n) is 4.00. The van der Waals surface area contributed by atoms with Gasteiger partial charge in [0.1, 0.15) is 0 Å². The summed E-state index contributed by atoms with van der Waals surface area (Å²) in [5.74, 6) is 0.695. The van der Waals surface area contributed by atoms with Gasteiger partial charge in [0.2, 0.25) is 0 Å². The van der Waals surface area contributed by atoms with Crippen molar-refractivity contribution in [1.29, 1.82) is 0 Å². The lowest BCUT2D eigenvalue weighted by molar-refractivity contribution is 0.346. The van der Waals surface area contributed by atoms with Crippen molar-refractivity contribution in [2.75, 3.05) is 44.7 Å². The largest absolute Gasteiger partial charge is 0.350 e. The van der Waals surface area contributed by atoms with Gasteiger partial charge in [-0.05, 0) is 45.3 Å². The highest BCUT2D eigenvalue weighted by molar-refractivity contribution is 7.15. The molecule has 1 aromatic heterocycles. The highest BCUT2D eigenvalue weighted by Crippen LogP contribution is 2.25. The van der Waals surface area contributed by atoms with Crippen molar-refractivity contribution < 1.29 is 0 Å². The minimum Gasteiger partial charge on any atom is -0.350 e. The second-order valence-corrected chi connectivity index (χ2v) is 7.56. The Morgan fingerprint density at radius 1 is 1.33 bits per heavy atom. The van der Waals surface area contributed by atoms with Crippen LogP contribution in [0, 0.1) is 12.8 Å². The molecule has 0 radical (unpaired) electrons. The van der Waals surface area contributed by atoms with Crippen molar-refractivity contribution in [2.45, 2.75) is 40.2 Å². The highest BCUT2D eigenvalue weighted by atomic mass is 32.1. The number of aryl methyl sites for hydroxylation is 1. The second kappa shape index (κ2) is 8.11. The van der Waals surface area contributed by atoms with Crippen molar-refractivity contribution in [2.24, 2.45) is 5.92 Å². The molecule has 120 valence electrons. The quantitative estimate of drug-likeness (QED) is 0.800. The Morgan fingerprint density at radius 2 is 2.05 bits per heavy atom. The third kappa shape index (κ3) is 5.24. The number of likely N-dealkylation sites (tertiary alicyclic amines) is 1. The molecule has 1 fully saturated rings. The maximum absolute atomic E-state index is 4.74. The first-order valence-corrected chi connectivity index (χ1v) is 8.98. The number of thiazole rings is 1. The van der Waals surface area contributed by atoms with Crippen LogP contribution in [-0.4, -0.2) is 49.7 Å². The normalized spacial score (nSPS) is 16.0. The minimum absolute atomic E-state index is 0.695. The van der Waals surface area contributed by atoms with E-state index in [-0.39, 0.29) is 0 Å². The number of nitrogens with one attached hydrogen (secondary N) is 1. The number of hydrogen-bond donors (Lipinski definition) is 1. The molecule has 0 aromatic carbocycles. The molecular formula is C16H30N4S. The zero-order chi connectivity index (χ0) is 15.2. The van der Waals surface area contributed by atoms with E-state index in [1.807, 2.05) is 11.3 Å². The summed E-state index contributed by atoms with van der Waals surface area (Å²) in [4.78, 5) is 11.0. The van der Waals surface area contributed by atoms with E-state index >= 15 is 0 Å². The predicted molar refractivity (Wildman–Crippen MR) is 92.3 cm³/mol. The van der Waals surface area contributed by atoms with E-state index in [0.717, 1.165) is 31.3 Å². The summed E-state index contributed by atoms with van der Waals surface area (Å²) in [7, 11) is 2.17. The van der Waals surface area contributed by atoms with Crippen LogP contribution in [0.5, 0.6) is 0 Å². The van der Waals surface area contributed by atoms with E-state index in [4.69, 9.17) is 4.98 Å². The fourth-order valence-corrected chi connectivity index (χ4v) is 3.63. The average molecular weight is 311 g/mol. The molecule has 5 heteroatoms. The summed E-state index contributed by atoms with van der Waals surface area (Å²) in [5, 5.41) is 4.67. The highest BCUT2D eigenvalue weighted by Gasteiger charge is 2.14. The van der Waals surface area contributed by atoms with Crippen molar-refractivity contribution in [1.82, 2.24) is 15.2 Å². The Bertz CT molecular complexity index is 424. The number of rotatable bonds is 8. The van der Waals surface area contributed by atoms with E-state index in [1.54, 1.807) is 0 Å². The first kappa shape index (κ1) is 16.7. The Balaban J connectivity index is 1.81. The van der Waals surface area contributed by atoms with Gasteiger partial charge in [0.25, 0.3) is 0 Å². The van der Waals surface area contributed by atoms with Crippen LogP contribution in [0.4, 0.5) is 5.13 Å². The van der Waals surface area contributed by atoms with Gasteiger partial charge in [0.15, 0.2) is 5.13 Å². The molecule has 2 rings (SSSR count).